The Bertz CT molecular complexity index is 1070. The fourth-order valence-electron chi connectivity index (χ4n) is 2.26. The predicted octanol–water partition coefficient (Wildman–Crippen LogP) is 2.70. The third-order valence-electron chi connectivity index (χ3n) is 3.69. The molecule has 0 aliphatic rings. The normalized spacial score (nSPS) is 11.3. The molecule has 3 aromatic rings. The quantitative estimate of drug-likeness (QED) is 0.636. The number of halogens is 1. The standard InChI is InChI=1S/C17H15ClN4O3S2/c1-19-27(24,25)12-2-3-14(18)13(8-12)17(23)21-9-16-22-15(10-26-16)11-4-6-20-7-5-11/h2-8,10,19H,9H2,1H3,(H,21,23). The van der Waals surface area contributed by atoms with Crippen molar-refractivity contribution in [1.82, 2.24) is 20.0 Å². The second-order valence-corrected chi connectivity index (χ2v) is 8.63. The Kier molecular flexibility index (Phi) is 5.85. The Morgan fingerprint density at radius 3 is 2.67 bits per heavy atom. The number of amides is 1. The molecule has 0 fully saturated rings. The molecule has 0 unspecified atom stereocenters. The van der Waals surface area contributed by atoms with E-state index in [4.69, 9.17) is 11.6 Å². The molecule has 0 saturated heterocycles. The summed E-state index contributed by atoms with van der Waals surface area (Å²) in [7, 11) is -2.37. The number of benzene rings is 1. The van der Waals surface area contributed by atoms with Crippen molar-refractivity contribution in [2.45, 2.75) is 11.4 Å². The van der Waals surface area contributed by atoms with Gasteiger partial charge in [0.25, 0.3) is 5.91 Å². The Hall–Kier alpha value is -2.33. The fourth-order valence-corrected chi connectivity index (χ4v) is 3.96. The van der Waals surface area contributed by atoms with Gasteiger partial charge >= 0.3 is 0 Å². The van der Waals surface area contributed by atoms with Gasteiger partial charge in [-0.2, -0.15) is 0 Å². The summed E-state index contributed by atoms with van der Waals surface area (Å²) in [5.74, 6) is -0.478. The number of rotatable bonds is 6. The second-order valence-electron chi connectivity index (χ2n) is 5.39. The average Bonchev–Trinajstić information content (AvgIpc) is 3.16. The highest BCUT2D eigenvalue weighted by Gasteiger charge is 2.17. The maximum atomic E-state index is 12.4. The number of thiazole rings is 1. The first-order valence-corrected chi connectivity index (χ1v) is 10.5. The van der Waals surface area contributed by atoms with Gasteiger partial charge in [-0.25, -0.2) is 18.1 Å². The molecule has 10 heteroatoms. The number of nitrogens with zero attached hydrogens (tertiary/aromatic N) is 2. The van der Waals surface area contributed by atoms with Gasteiger partial charge in [0, 0.05) is 23.3 Å². The summed E-state index contributed by atoms with van der Waals surface area (Å²) < 4.78 is 26.0. The van der Waals surface area contributed by atoms with Crippen LogP contribution in [0.1, 0.15) is 15.4 Å². The van der Waals surface area contributed by atoms with Crippen LogP contribution in [0.4, 0.5) is 0 Å². The molecule has 0 aliphatic heterocycles. The van der Waals surface area contributed by atoms with Gasteiger partial charge in [0.05, 0.1) is 27.7 Å². The van der Waals surface area contributed by atoms with Gasteiger partial charge in [-0.3, -0.25) is 9.78 Å². The van der Waals surface area contributed by atoms with E-state index < -0.39 is 15.9 Å². The van der Waals surface area contributed by atoms with Gasteiger partial charge in [-0.05, 0) is 37.4 Å². The Balaban J connectivity index is 1.73. The lowest BCUT2D eigenvalue weighted by Gasteiger charge is -2.08. The van der Waals surface area contributed by atoms with E-state index in [-0.39, 0.29) is 22.0 Å². The molecule has 2 heterocycles. The van der Waals surface area contributed by atoms with E-state index in [9.17, 15) is 13.2 Å². The summed E-state index contributed by atoms with van der Waals surface area (Å²) in [6.07, 6.45) is 3.37. The van der Waals surface area contributed by atoms with Crippen molar-refractivity contribution in [1.29, 1.82) is 0 Å². The number of hydrogen-bond acceptors (Lipinski definition) is 6. The van der Waals surface area contributed by atoms with Crippen LogP contribution < -0.4 is 10.0 Å². The van der Waals surface area contributed by atoms with Crippen molar-refractivity contribution >= 4 is 38.9 Å². The summed E-state index contributed by atoms with van der Waals surface area (Å²) in [5.41, 5.74) is 1.82. The molecule has 2 aromatic heterocycles. The van der Waals surface area contributed by atoms with Crippen molar-refractivity contribution in [3.05, 3.63) is 63.7 Å². The first-order valence-electron chi connectivity index (χ1n) is 7.77. The van der Waals surface area contributed by atoms with Crippen LogP contribution in [0.15, 0.2) is 53.0 Å². The molecule has 0 atom stereocenters. The molecule has 0 saturated carbocycles. The maximum absolute atomic E-state index is 12.4. The van der Waals surface area contributed by atoms with Crippen LogP contribution in [0, 0.1) is 0 Å². The zero-order chi connectivity index (χ0) is 19.4. The summed E-state index contributed by atoms with van der Waals surface area (Å²) in [4.78, 5) is 20.9. The number of aromatic nitrogens is 2. The molecule has 0 spiro atoms. The summed E-state index contributed by atoms with van der Waals surface area (Å²) in [5, 5.41) is 5.49. The molecule has 0 bridgehead atoms. The van der Waals surface area contributed by atoms with E-state index >= 15 is 0 Å². The summed E-state index contributed by atoms with van der Waals surface area (Å²) >= 11 is 7.47. The van der Waals surface area contributed by atoms with Gasteiger partial charge < -0.3 is 5.32 Å². The fraction of sp³-hybridized carbons (Fsp3) is 0.118. The lowest BCUT2D eigenvalue weighted by molar-refractivity contribution is 0.0951. The zero-order valence-corrected chi connectivity index (χ0v) is 16.5. The number of nitrogens with one attached hydrogen (secondary N) is 2. The van der Waals surface area contributed by atoms with Gasteiger partial charge in [0.1, 0.15) is 5.01 Å². The van der Waals surface area contributed by atoms with Gasteiger partial charge in [-0.1, -0.05) is 11.6 Å². The largest absolute Gasteiger partial charge is 0.345 e. The minimum absolute atomic E-state index is 0.0335. The van der Waals surface area contributed by atoms with Crippen molar-refractivity contribution in [3.8, 4) is 11.3 Å². The molecule has 3 rings (SSSR count). The van der Waals surface area contributed by atoms with E-state index in [2.05, 4.69) is 20.0 Å². The second kappa shape index (κ2) is 8.13. The average molecular weight is 423 g/mol. The lowest BCUT2D eigenvalue weighted by atomic mass is 10.2. The van der Waals surface area contributed by atoms with E-state index in [1.807, 2.05) is 17.5 Å². The predicted molar refractivity (Wildman–Crippen MR) is 104 cm³/mol. The van der Waals surface area contributed by atoms with E-state index in [0.29, 0.717) is 5.01 Å². The molecular weight excluding hydrogens is 408 g/mol. The van der Waals surface area contributed by atoms with Crippen LogP contribution >= 0.6 is 22.9 Å². The Labute approximate surface area is 165 Å². The van der Waals surface area contributed by atoms with Gasteiger partial charge in [0.15, 0.2) is 0 Å². The molecule has 0 aliphatic carbocycles. The molecule has 140 valence electrons. The lowest BCUT2D eigenvalue weighted by Crippen LogP contribution is -2.24. The first-order chi connectivity index (χ1) is 12.9. The molecular formula is C17H15ClN4O3S2. The van der Waals surface area contributed by atoms with Crippen LogP contribution in [-0.2, 0) is 16.6 Å². The number of hydrogen-bond donors (Lipinski definition) is 2. The summed E-state index contributed by atoms with van der Waals surface area (Å²) in [6.45, 7) is 0.202. The third-order valence-corrected chi connectivity index (χ3v) is 6.28. The number of pyridine rings is 1. The third kappa shape index (κ3) is 4.51. The highest BCUT2D eigenvalue weighted by Crippen LogP contribution is 2.22. The van der Waals surface area contributed by atoms with E-state index in [1.54, 1.807) is 12.4 Å². The number of carbonyl (C=O) groups is 1. The topological polar surface area (TPSA) is 101 Å². The SMILES string of the molecule is CNS(=O)(=O)c1ccc(Cl)c(C(=O)NCc2nc(-c3ccncc3)cs2)c1. The molecule has 0 radical (unpaired) electrons. The summed E-state index contributed by atoms with van der Waals surface area (Å²) in [6, 6.07) is 7.67. The van der Waals surface area contributed by atoms with Crippen molar-refractivity contribution in [3.63, 3.8) is 0 Å². The zero-order valence-electron chi connectivity index (χ0n) is 14.1. The minimum Gasteiger partial charge on any atom is -0.345 e. The molecule has 27 heavy (non-hydrogen) atoms. The Morgan fingerprint density at radius 2 is 1.96 bits per heavy atom. The van der Waals surface area contributed by atoms with Crippen LogP contribution in [0.5, 0.6) is 0 Å². The van der Waals surface area contributed by atoms with Crippen LogP contribution in [0.3, 0.4) is 0 Å². The molecule has 2 N–H and O–H groups in total. The van der Waals surface area contributed by atoms with Crippen LogP contribution in [0.25, 0.3) is 11.3 Å². The first kappa shape index (κ1) is 19.4. The highest BCUT2D eigenvalue weighted by atomic mass is 35.5. The van der Waals surface area contributed by atoms with Crippen molar-refractivity contribution in [2.24, 2.45) is 0 Å². The Morgan fingerprint density at radius 1 is 1.22 bits per heavy atom. The van der Waals surface area contributed by atoms with Crippen molar-refractivity contribution in [2.75, 3.05) is 7.05 Å². The highest BCUT2D eigenvalue weighted by molar-refractivity contribution is 7.89. The van der Waals surface area contributed by atoms with Gasteiger partial charge in [0.2, 0.25) is 10.0 Å². The smallest absolute Gasteiger partial charge is 0.253 e. The van der Waals surface area contributed by atoms with E-state index in [0.717, 1.165) is 11.3 Å². The number of carbonyl (C=O) groups excluding carboxylic acids is 1. The molecule has 1 amide bonds. The minimum atomic E-state index is -3.67. The van der Waals surface area contributed by atoms with Crippen molar-refractivity contribution < 1.29 is 13.2 Å². The van der Waals surface area contributed by atoms with Crippen LogP contribution in [0.2, 0.25) is 5.02 Å². The maximum Gasteiger partial charge on any atom is 0.253 e. The monoisotopic (exact) mass is 422 g/mol. The van der Waals surface area contributed by atoms with E-state index in [1.165, 1.54) is 36.6 Å². The number of sulfonamides is 1. The molecule has 7 nitrogen and oxygen atoms in total. The van der Waals surface area contributed by atoms with Gasteiger partial charge in [-0.15, -0.1) is 11.3 Å². The van der Waals surface area contributed by atoms with Crippen LogP contribution in [-0.4, -0.2) is 31.3 Å². The molecule has 1 aromatic carbocycles.